The van der Waals surface area contributed by atoms with Crippen molar-refractivity contribution >= 4 is 5.91 Å². The number of hydrogen-bond acceptors (Lipinski definition) is 4. The van der Waals surface area contributed by atoms with Crippen LogP contribution in [0.5, 0.6) is 0 Å². The number of nitrogens with one attached hydrogen (secondary N) is 1. The minimum absolute atomic E-state index is 0.00490. The first-order chi connectivity index (χ1) is 9.89. The van der Waals surface area contributed by atoms with Crippen LogP contribution in [0.25, 0.3) is 0 Å². The van der Waals surface area contributed by atoms with Crippen molar-refractivity contribution in [3.63, 3.8) is 0 Å². The first-order valence-electron chi connectivity index (χ1n) is 8.32. The number of ether oxygens (including phenoxy) is 1. The molecule has 21 heavy (non-hydrogen) atoms. The summed E-state index contributed by atoms with van der Waals surface area (Å²) in [4.78, 5) is 15.2. The Kier molecular flexibility index (Phi) is 3.79. The third-order valence-electron chi connectivity index (χ3n) is 6.15. The van der Waals surface area contributed by atoms with E-state index in [1.54, 1.807) is 0 Å². The summed E-state index contributed by atoms with van der Waals surface area (Å²) in [5.74, 6) is 0.180. The highest BCUT2D eigenvalue weighted by molar-refractivity contribution is 5.89. The van der Waals surface area contributed by atoms with Gasteiger partial charge in [0.25, 0.3) is 0 Å². The Bertz CT molecular complexity index is 420. The minimum atomic E-state index is -0.779. The molecule has 1 aliphatic carbocycles. The fourth-order valence-corrected chi connectivity index (χ4v) is 4.54. The second kappa shape index (κ2) is 5.21. The molecule has 0 radical (unpaired) electrons. The zero-order valence-electron chi connectivity index (χ0n) is 13.5. The van der Waals surface area contributed by atoms with E-state index < -0.39 is 5.54 Å². The zero-order chi connectivity index (χ0) is 15.3. The molecule has 0 aromatic rings. The maximum Gasteiger partial charge on any atom is 0.241 e. The lowest BCUT2D eigenvalue weighted by Gasteiger charge is -2.60. The van der Waals surface area contributed by atoms with Crippen molar-refractivity contribution in [1.29, 1.82) is 0 Å². The molecule has 0 aromatic carbocycles. The van der Waals surface area contributed by atoms with Gasteiger partial charge in [-0.25, -0.2) is 0 Å². The fraction of sp³-hybridized carbons (Fsp3) is 0.938. The van der Waals surface area contributed by atoms with Gasteiger partial charge in [-0.15, -0.1) is 0 Å². The third kappa shape index (κ3) is 2.13. The van der Waals surface area contributed by atoms with Crippen molar-refractivity contribution in [3.05, 3.63) is 0 Å². The Balaban J connectivity index is 1.60. The molecule has 3 fully saturated rings. The van der Waals surface area contributed by atoms with E-state index in [-0.39, 0.29) is 23.3 Å². The van der Waals surface area contributed by atoms with Gasteiger partial charge in [-0.2, -0.15) is 0 Å². The molecule has 2 aliphatic heterocycles. The number of fused-ring (bicyclic) bond motifs is 1. The van der Waals surface area contributed by atoms with Gasteiger partial charge in [0.15, 0.2) is 0 Å². The molecule has 3 rings (SSSR count). The summed E-state index contributed by atoms with van der Waals surface area (Å²) in [6.45, 7) is 10.0. The van der Waals surface area contributed by atoms with Gasteiger partial charge < -0.3 is 15.8 Å². The van der Waals surface area contributed by atoms with E-state index >= 15 is 0 Å². The van der Waals surface area contributed by atoms with Crippen LogP contribution in [-0.4, -0.2) is 54.7 Å². The molecule has 4 unspecified atom stereocenters. The lowest BCUT2D eigenvalue weighted by molar-refractivity contribution is -0.175. The van der Waals surface area contributed by atoms with Crippen LogP contribution in [0.15, 0.2) is 0 Å². The molecule has 3 aliphatic rings. The molecule has 2 heterocycles. The van der Waals surface area contributed by atoms with Gasteiger partial charge in [0.05, 0.1) is 6.10 Å². The maximum atomic E-state index is 12.7. The quantitative estimate of drug-likeness (QED) is 0.802. The lowest BCUT2D eigenvalue weighted by Crippen LogP contribution is -2.80. The summed E-state index contributed by atoms with van der Waals surface area (Å²) in [5.41, 5.74) is 5.48. The van der Waals surface area contributed by atoms with Gasteiger partial charge in [-0.1, -0.05) is 13.8 Å². The molecule has 0 spiro atoms. The van der Waals surface area contributed by atoms with Gasteiger partial charge in [0.2, 0.25) is 5.91 Å². The van der Waals surface area contributed by atoms with Crippen LogP contribution in [0.1, 0.15) is 40.0 Å². The summed E-state index contributed by atoms with van der Waals surface area (Å²) < 4.78 is 5.75. The van der Waals surface area contributed by atoms with Crippen molar-refractivity contribution < 1.29 is 9.53 Å². The van der Waals surface area contributed by atoms with E-state index in [0.29, 0.717) is 12.6 Å². The molecule has 120 valence electrons. The number of carbonyl (C=O) groups excluding carboxylic acids is 1. The lowest BCUT2D eigenvalue weighted by atomic mass is 9.48. The summed E-state index contributed by atoms with van der Waals surface area (Å²) in [7, 11) is 0. The number of nitrogens with zero attached hydrogens (tertiary/aromatic N) is 1. The van der Waals surface area contributed by atoms with Crippen molar-refractivity contribution in [2.24, 2.45) is 17.1 Å². The summed E-state index contributed by atoms with van der Waals surface area (Å²) in [5, 5.41) is 3.11. The Labute approximate surface area is 127 Å². The molecule has 2 saturated heterocycles. The van der Waals surface area contributed by atoms with Gasteiger partial charge in [0, 0.05) is 30.5 Å². The van der Waals surface area contributed by atoms with Gasteiger partial charge in [0.1, 0.15) is 5.54 Å². The Hall–Kier alpha value is -0.650. The molecule has 5 heteroatoms. The number of nitrogens with two attached hydrogens (primary N) is 1. The molecular weight excluding hydrogens is 266 g/mol. The normalized spacial score (nSPS) is 39.6. The number of likely N-dealkylation sites (tertiary alicyclic amines) is 1. The van der Waals surface area contributed by atoms with E-state index in [2.05, 4.69) is 31.0 Å². The highest BCUT2D eigenvalue weighted by Gasteiger charge is 2.71. The summed E-state index contributed by atoms with van der Waals surface area (Å²) in [6, 6.07) is 0.388. The van der Waals surface area contributed by atoms with Crippen LogP contribution in [0.4, 0.5) is 0 Å². The standard InChI is InChI=1S/C16H29N3O2/c1-11(19-7-4-5-8-19)10-18-14(20)16(17)12-6-9-21-13(12)15(16,2)3/h11-13H,4-10,17H2,1-3H3,(H,18,20). The molecule has 0 aromatic heterocycles. The second-order valence-corrected chi connectivity index (χ2v) is 7.58. The fourth-order valence-electron chi connectivity index (χ4n) is 4.54. The zero-order valence-corrected chi connectivity index (χ0v) is 13.5. The van der Waals surface area contributed by atoms with E-state index in [4.69, 9.17) is 10.5 Å². The van der Waals surface area contributed by atoms with Gasteiger partial charge >= 0.3 is 0 Å². The molecule has 1 saturated carbocycles. The van der Waals surface area contributed by atoms with Crippen molar-refractivity contribution in [3.8, 4) is 0 Å². The Morgan fingerprint density at radius 3 is 2.76 bits per heavy atom. The highest BCUT2D eigenvalue weighted by atomic mass is 16.5. The third-order valence-corrected chi connectivity index (χ3v) is 6.15. The summed E-state index contributed by atoms with van der Waals surface area (Å²) in [6.07, 6.45) is 3.59. The van der Waals surface area contributed by atoms with Crippen molar-refractivity contribution in [2.45, 2.75) is 57.7 Å². The predicted molar refractivity (Wildman–Crippen MR) is 81.8 cm³/mol. The molecule has 5 nitrogen and oxygen atoms in total. The summed E-state index contributed by atoms with van der Waals surface area (Å²) >= 11 is 0. The average Bonchev–Trinajstić information content (AvgIpc) is 3.12. The smallest absolute Gasteiger partial charge is 0.241 e. The van der Waals surface area contributed by atoms with Crippen LogP contribution < -0.4 is 11.1 Å². The number of rotatable bonds is 4. The van der Waals surface area contributed by atoms with E-state index in [9.17, 15) is 4.79 Å². The van der Waals surface area contributed by atoms with Crippen molar-refractivity contribution in [2.75, 3.05) is 26.2 Å². The predicted octanol–water partition coefficient (Wildman–Crippen LogP) is 0.729. The minimum Gasteiger partial charge on any atom is -0.377 e. The topological polar surface area (TPSA) is 67.6 Å². The van der Waals surface area contributed by atoms with Gasteiger partial charge in [-0.3, -0.25) is 9.69 Å². The van der Waals surface area contributed by atoms with E-state index in [1.807, 2.05) is 0 Å². The van der Waals surface area contributed by atoms with Crippen LogP contribution in [0.2, 0.25) is 0 Å². The van der Waals surface area contributed by atoms with E-state index in [1.165, 1.54) is 12.8 Å². The van der Waals surface area contributed by atoms with Gasteiger partial charge in [-0.05, 0) is 39.3 Å². The monoisotopic (exact) mass is 295 g/mol. The maximum absolute atomic E-state index is 12.7. The first kappa shape index (κ1) is 15.3. The molecular formula is C16H29N3O2. The molecule has 4 atom stereocenters. The van der Waals surface area contributed by atoms with Crippen LogP contribution in [-0.2, 0) is 9.53 Å². The largest absolute Gasteiger partial charge is 0.377 e. The molecule has 0 bridgehead atoms. The van der Waals surface area contributed by atoms with Crippen LogP contribution in [0, 0.1) is 11.3 Å². The first-order valence-corrected chi connectivity index (χ1v) is 8.32. The highest BCUT2D eigenvalue weighted by Crippen LogP contribution is 2.58. The second-order valence-electron chi connectivity index (χ2n) is 7.58. The molecule has 1 amide bonds. The number of carbonyl (C=O) groups is 1. The SMILES string of the molecule is CC(CNC(=O)C1(N)C2CCOC2C1(C)C)N1CCCC1. The van der Waals surface area contributed by atoms with Crippen LogP contribution in [0.3, 0.4) is 0 Å². The van der Waals surface area contributed by atoms with Crippen molar-refractivity contribution in [1.82, 2.24) is 10.2 Å². The number of amides is 1. The Morgan fingerprint density at radius 1 is 1.43 bits per heavy atom. The number of hydrogen-bond donors (Lipinski definition) is 2. The van der Waals surface area contributed by atoms with E-state index in [0.717, 1.165) is 26.1 Å². The molecule has 3 N–H and O–H groups in total. The average molecular weight is 295 g/mol. The Morgan fingerprint density at radius 2 is 2.10 bits per heavy atom. The van der Waals surface area contributed by atoms with Crippen LogP contribution >= 0.6 is 0 Å².